The smallest absolute Gasteiger partial charge is 0.246 e. The summed E-state index contributed by atoms with van der Waals surface area (Å²) in [6.45, 7) is 0.763. The minimum Gasteiger partial charge on any atom is -0.469 e. The van der Waals surface area contributed by atoms with E-state index >= 15 is 0 Å². The highest BCUT2D eigenvalue weighted by atomic mass is 16.3. The molecular formula is C19H20N2O3. The number of anilines is 1. The third kappa shape index (κ3) is 2.82. The van der Waals surface area contributed by atoms with Crippen LogP contribution in [0.2, 0.25) is 0 Å². The van der Waals surface area contributed by atoms with Crippen molar-refractivity contribution in [2.24, 2.45) is 5.92 Å². The molecule has 1 N–H and O–H groups in total. The molecule has 124 valence electrons. The number of furan rings is 1. The zero-order valence-corrected chi connectivity index (χ0v) is 13.4. The van der Waals surface area contributed by atoms with Crippen molar-refractivity contribution >= 4 is 17.5 Å². The van der Waals surface area contributed by atoms with Gasteiger partial charge in [0.1, 0.15) is 5.76 Å². The average molecular weight is 324 g/mol. The molecule has 2 aliphatic rings. The molecular weight excluding hydrogens is 304 g/mol. The van der Waals surface area contributed by atoms with Gasteiger partial charge in [-0.2, -0.15) is 0 Å². The van der Waals surface area contributed by atoms with Gasteiger partial charge in [0, 0.05) is 24.1 Å². The summed E-state index contributed by atoms with van der Waals surface area (Å²) < 4.78 is 5.34. The number of para-hydroxylation sites is 1. The molecule has 2 heterocycles. The van der Waals surface area contributed by atoms with E-state index in [0.29, 0.717) is 6.54 Å². The normalized spacial score (nSPS) is 21.9. The second kappa shape index (κ2) is 6.15. The number of nitrogens with one attached hydrogen (secondary N) is 1. The van der Waals surface area contributed by atoms with Crippen molar-refractivity contribution in [3.05, 3.63) is 54.0 Å². The van der Waals surface area contributed by atoms with Crippen molar-refractivity contribution < 1.29 is 14.0 Å². The largest absolute Gasteiger partial charge is 0.469 e. The Morgan fingerprint density at radius 2 is 2.08 bits per heavy atom. The standard InChI is InChI=1S/C19H20N2O3/c22-18(21-9-3-6-13-5-1-2-7-16(13)21)12-20-19(23)15-11-14(15)17-8-4-10-24-17/h1-2,4-5,7-8,10,14-15H,3,6,9,11-12H2,(H,20,23)/t14-,15-/m1/s1. The van der Waals surface area contributed by atoms with Crippen LogP contribution in [-0.4, -0.2) is 24.9 Å². The van der Waals surface area contributed by atoms with E-state index in [0.717, 1.165) is 30.7 Å². The lowest BCUT2D eigenvalue weighted by Gasteiger charge is -2.29. The van der Waals surface area contributed by atoms with Crippen LogP contribution in [0.4, 0.5) is 5.69 Å². The number of rotatable bonds is 4. The number of benzene rings is 1. The van der Waals surface area contributed by atoms with Gasteiger partial charge in [0.15, 0.2) is 0 Å². The van der Waals surface area contributed by atoms with Gasteiger partial charge in [-0.1, -0.05) is 18.2 Å². The van der Waals surface area contributed by atoms with Crippen molar-refractivity contribution in [2.45, 2.75) is 25.2 Å². The van der Waals surface area contributed by atoms with Crippen LogP contribution in [0.25, 0.3) is 0 Å². The van der Waals surface area contributed by atoms with E-state index in [1.807, 2.05) is 30.3 Å². The fraction of sp³-hybridized carbons (Fsp3) is 0.368. The van der Waals surface area contributed by atoms with E-state index in [1.54, 1.807) is 11.2 Å². The van der Waals surface area contributed by atoms with E-state index in [2.05, 4.69) is 11.4 Å². The second-order valence-electron chi connectivity index (χ2n) is 6.46. The molecule has 0 spiro atoms. The molecule has 0 bridgehead atoms. The van der Waals surface area contributed by atoms with Gasteiger partial charge < -0.3 is 14.6 Å². The van der Waals surface area contributed by atoms with Crippen molar-refractivity contribution in [1.29, 1.82) is 0 Å². The Labute approximate surface area is 140 Å². The summed E-state index contributed by atoms with van der Waals surface area (Å²) in [5.74, 6) is 0.829. The molecule has 1 aliphatic carbocycles. The lowest BCUT2D eigenvalue weighted by atomic mass is 10.0. The Kier molecular flexibility index (Phi) is 3.84. The lowest BCUT2D eigenvalue weighted by molar-refractivity contribution is -0.125. The minimum absolute atomic E-state index is 0.0501. The molecule has 2 aromatic rings. The Balaban J connectivity index is 1.34. The van der Waals surface area contributed by atoms with Gasteiger partial charge in [-0.15, -0.1) is 0 Å². The Morgan fingerprint density at radius 1 is 1.21 bits per heavy atom. The van der Waals surface area contributed by atoms with E-state index in [1.165, 1.54) is 5.56 Å². The van der Waals surface area contributed by atoms with Crippen LogP contribution in [0.15, 0.2) is 47.1 Å². The average Bonchev–Trinajstić information content (AvgIpc) is 3.24. The molecule has 5 heteroatoms. The van der Waals surface area contributed by atoms with Crippen LogP contribution >= 0.6 is 0 Å². The predicted molar refractivity (Wildman–Crippen MR) is 89.7 cm³/mol. The number of hydrogen-bond acceptors (Lipinski definition) is 3. The highest BCUT2D eigenvalue weighted by molar-refractivity contribution is 5.98. The van der Waals surface area contributed by atoms with E-state index < -0.39 is 0 Å². The number of aryl methyl sites for hydroxylation is 1. The first-order chi connectivity index (χ1) is 11.7. The van der Waals surface area contributed by atoms with Crippen LogP contribution in [0.3, 0.4) is 0 Å². The van der Waals surface area contributed by atoms with Crippen molar-refractivity contribution in [3.63, 3.8) is 0 Å². The molecule has 1 saturated carbocycles. The summed E-state index contributed by atoms with van der Waals surface area (Å²) in [6.07, 6.45) is 4.37. The van der Waals surface area contributed by atoms with Gasteiger partial charge in [-0.3, -0.25) is 9.59 Å². The fourth-order valence-electron chi connectivity index (χ4n) is 3.48. The van der Waals surface area contributed by atoms with Crippen LogP contribution in [-0.2, 0) is 16.0 Å². The van der Waals surface area contributed by atoms with Crippen molar-refractivity contribution in [2.75, 3.05) is 18.0 Å². The predicted octanol–water partition coefficient (Wildman–Crippen LogP) is 2.48. The summed E-state index contributed by atoms with van der Waals surface area (Å²) in [5, 5.41) is 2.79. The molecule has 0 radical (unpaired) electrons. The van der Waals surface area contributed by atoms with E-state index in [4.69, 9.17) is 4.42 Å². The molecule has 4 rings (SSSR count). The van der Waals surface area contributed by atoms with Crippen LogP contribution < -0.4 is 10.2 Å². The highest BCUT2D eigenvalue weighted by Gasteiger charge is 2.45. The first-order valence-corrected chi connectivity index (χ1v) is 8.43. The topological polar surface area (TPSA) is 62.6 Å². The molecule has 2 amide bonds. The maximum atomic E-state index is 12.5. The summed E-state index contributed by atoms with van der Waals surface area (Å²) in [5.41, 5.74) is 2.17. The first-order valence-electron chi connectivity index (χ1n) is 8.43. The number of fused-ring (bicyclic) bond motifs is 1. The molecule has 2 atom stereocenters. The minimum atomic E-state index is -0.0717. The molecule has 1 aromatic heterocycles. The SMILES string of the molecule is O=C(NCC(=O)N1CCCc2ccccc21)[C@@H]1C[C@H]1c1ccco1. The van der Waals surface area contributed by atoms with Crippen LogP contribution in [0, 0.1) is 5.92 Å². The first kappa shape index (κ1) is 15.0. The zero-order chi connectivity index (χ0) is 16.5. The summed E-state index contributed by atoms with van der Waals surface area (Å²) >= 11 is 0. The summed E-state index contributed by atoms with van der Waals surface area (Å²) in [4.78, 5) is 26.5. The van der Waals surface area contributed by atoms with E-state index in [-0.39, 0.29) is 30.2 Å². The zero-order valence-electron chi connectivity index (χ0n) is 13.4. The van der Waals surface area contributed by atoms with Gasteiger partial charge in [-0.25, -0.2) is 0 Å². The van der Waals surface area contributed by atoms with Crippen molar-refractivity contribution in [1.82, 2.24) is 5.32 Å². The van der Waals surface area contributed by atoms with E-state index in [9.17, 15) is 9.59 Å². The summed E-state index contributed by atoms with van der Waals surface area (Å²) in [7, 11) is 0. The maximum absolute atomic E-state index is 12.5. The Bertz CT molecular complexity index is 754. The molecule has 0 saturated heterocycles. The molecule has 1 aliphatic heterocycles. The van der Waals surface area contributed by atoms with Crippen molar-refractivity contribution in [3.8, 4) is 0 Å². The molecule has 1 fully saturated rings. The quantitative estimate of drug-likeness (QED) is 0.940. The van der Waals surface area contributed by atoms with Crippen LogP contribution in [0.5, 0.6) is 0 Å². The number of carbonyl (C=O) groups excluding carboxylic acids is 2. The van der Waals surface area contributed by atoms with Gasteiger partial charge in [0.25, 0.3) is 0 Å². The van der Waals surface area contributed by atoms with Gasteiger partial charge in [0.2, 0.25) is 11.8 Å². The fourth-order valence-corrected chi connectivity index (χ4v) is 3.48. The monoisotopic (exact) mass is 324 g/mol. The Hall–Kier alpha value is -2.56. The molecule has 5 nitrogen and oxygen atoms in total. The number of carbonyl (C=O) groups is 2. The molecule has 24 heavy (non-hydrogen) atoms. The van der Waals surface area contributed by atoms with Gasteiger partial charge in [0.05, 0.1) is 12.8 Å². The maximum Gasteiger partial charge on any atom is 0.246 e. The second-order valence-corrected chi connectivity index (χ2v) is 6.46. The van der Waals surface area contributed by atoms with Gasteiger partial charge in [-0.05, 0) is 43.0 Å². The van der Waals surface area contributed by atoms with Gasteiger partial charge >= 0.3 is 0 Å². The Morgan fingerprint density at radius 3 is 2.92 bits per heavy atom. The molecule has 0 unspecified atom stereocenters. The van der Waals surface area contributed by atoms with Crippen LogP contribution in [0.1, 0.15) is 30.1 Å². The molecule has 1 aromatic carbocycles. The number of amides is 2. The third-order valence-electron chi connectivity index (χ3n) is 4.86. The lowest BCUT2D eigenvalue weighted by Crippen LogP contribution is -2.43. The summed E-state index contributed by atoms with van der Waals surface area (Å²) in [6, 6.07) is 11.7. The number of nitrogens with zero attached hydrogens (tertiary/aromatic N) is 1. The number of hydrogen-bond donors (Lipinski definition) is 1. The third-order valence-corrected chi connectivity index (χ3v) is 4.86. The highest BCUT2D eigenvalue weighted by Crippen LogP contribution is 2.47.